The fraction of sp³-hybridized carbons (Fsp3) is 1.00. The van der Waals surface area contributed by atoms with Crippen LogP contribution in [0.25, 0.3) is 0 Å². The maximum absolute atomic E-state index is 11.0. The average molecular weight is 413 g/mol. The fourth-order valence-electron chi connectivity index (χ4n) is 8.57. The van der Waals surface area contributed by atoms with E-state index < -0.39 is 16.5 Å². The molecule has 0 heterocycles. The standard InChI is InChI=1S/C23H40O4S/c1-16(27-28(24,25)26)7-8-18-10-12-20-19-11-9-17-6-4-5-14-22(17,2)21(19)13-15-23(18,20)3/h16-21H,4-15H2,1-3H3,(H,24,25,26). The Morgan fingerprint density at radius 2 is 1.71 bits per heavy atom. The third kappa shape index (κ3) is 3.69. The second kappa shape index (κ2) is 7.53. The van der Waals surface area contributed by atoms with Gasteiger partial charge in [-0.1, -0.05) is 26.7 Å². The molecule has 0 saturated heterocycles. The van der Waals surface area contributed by atoms with Gasteiger partial charge in [-0.15, -0.1) is 0 Å². The molecular weight excluding hydrogens is 372 g/mol. The first kappa shape index (κ1) is 21.1. The molecule has 4 fully saturated rings. The molecule has 4 nitrogen and oxygen atoms in total. The Morgan fingerprint density at radius 3 is 2.46 bits per heavy atom. The highest BCUT2D eigenvalue weighted by molar-refractivity contribution is 7.80. The molecule has 0 spiro atoms. The van der Waals surface area contributed by atoms with Crippen LogP contribution in [-0.4, -0.2) is 19.1 Å². The molecule has 0 aromatic heterocycles. The summed E-state index contributed by atoms with van der Waals surface area (Å²) in [7, 11) is -4.34. The summed E-state index contributed by atoms with van der Waals surface area (Å²) in [6.07, 6.45) is 15.4. The molecule has 0 aromatic rings. The van der Waals surface area contributed by atoms with Gasteiger partial charge in [-0.05, 0) is 112 Å². The normalized spacial score (nSPS) is 47.1. The molecule has 5 heteroatoms. The zero-order valence-corrected chi connectivity index (χ0v) is 18.8. The second-order valence-electron chi connectivity index (χ2n) is 11.1. The third-order valence-corrected chi connectivity index (χ3v) is 10.6. The summed E-state index contributed by atoms with van der Waals surface area (Å²) >= 11 is 0. The van der Waals surface area contributed by atoms with E-state index in [-0.39, 0.29) is 0 Å². The minimum atomic E-state index is -4.34. The Kier molecular flexibility index (Phi) is 5.68. The van der Waals surface area contributed by atoms with Crippen molar-refractivity contribution in [3.05, 3.63) is 0 Å². The molecule has 4 saturated carbocycles. The molecule has 0 radical (unpaired) electrons. The van der Waals surface area contributed by atoms with Gasteiger partial charge in [0.1, 0.15) is 0 Å². The number of hydrogen-bond donors (Lipinski definition) is 1. The van der Waals surface area contributed by atoms with Crippen molar-refractivity contribution in [2.45, 2.75) is 104 Å². The van der Waals surface area contributed by atoms with Crippen molar-refractivity contribution in [1.82, 2.24) is 0 Å². The number of hydrogen-bond acceptors (Lipinski definition) is 3. The van der Waals surface area contributed by atoms with Crippen molar-refractivity contribution in [1.29, 1.82) is 0 Å². The van der Waals surface area contributed by atoms with Crippen molar-refractivity contribution in [3.8, 4) is 0 Å². The van der Waals surface area contributed by atoms with Gasteiger partial charge in [0.15, 0.2) is 0 Å². The molecule has 28 heavy (non-hydrogen) atoms. The van der Waals surface area contributed by atoms with E-state index in [1.807, 2.05) is 0 Å². The highest BCUT2D eigenvalue weighted by atomic mass is 32.3. The van der Waals surface area contributed by atoms with E-state index in [1.54, 1.807) is 6.92 Å². The lowest BCUT2D eigenvalue weighted by molar-refractivity contribution is -0.111. The summed E-state index contributed by atoms with van der Waals surface area (Å²) in [6.45, 7) is 6.93. The van der Waals surface area contributed by atoms with Crippen LogP contribution in [-0.2, 0) is 14.6 Å². The van der Waals surface area contributed by atoms with E-state index in [0.717, 1.165) is 30.1 Å². The van der Waals surface area contributed by atoms with Crippen molar-refractivity contribution in [2.24, 2.45) is 40.4 Å². The minimum absolute atomic E-state index is 0.414. The van der Waals surface area contributed by atoms with Gasteiger partial charge in [0.25, 0.3) is 0 Å². The Hall–Kier alpha value is -0.130. The molecule has 8 unspecified atom stereocenters. The van der Waals surface area contributed by atoms with E-state index in [9.17, 15) is 8.42 Å². The van der Waals surface area contributed by atoms with E-state index in [0.29, 0.717) is 23.2 Å². The van der Waals surface area contributed by atoms with Crippen LogP contribution in [0.15, 0.2) is 0 Å². The van der Waals surface area contributed by atoms with Crippen molar-refractivity contribution < 1.29 is 17.2 Å². The van der Waals surface area contributed by atoms with Gasteiger partial charge < -0.3 is 0 Å². The van der Waals surface area contributed by atoms with Crippen LogP contribution in [0.1, 0.15) is 97.8 Å². The molecule has 162 valence electrons. The Balaban J connectivity index is 1.43. The number of fused-ring (bicyclic) bond motifs is 5. The molecule has 4 aliphatic rings. The molecule has 0 bridgehead atoms. The molecule has 4 rings (SSSR count). The highest BCUT2D eigenvalue weighted by Crippen LogP contribution is 2.67. The maximum Gasteiger partial charge on any atom is 0.397 e. The first-order valence-corrected chi connectivity index (χ1v) is 13.2. The first-order chi connectivity index (χ1) is 13.1. The lowest BCUT2D eigenvalue weighted by Crippen LogP contribution is -2.52. The van der Waals surface area contributed by atoms with Crippen LogP contribution in [0.2, 0.25) is 0 Å². The van der Waals surface area contributed by atoms with Gasteiger partial charge in [0.2, 0.25) is 0 Å². The van der Waals surface area contributed by atoms with Crippen molar-refractivity contribution in [3.63, 3.8) is 0 Å². The van der Waals surface area contributed by atoms with Gasteiger partial charge in [-0.25, -0.2) is 4.18 Å². The predicted molar refractivity (Wildman–Crippen MR) is 111 cm³/mol. The van der Waals surface area contributed by atoms with Crippen LogP contribution < -0.4 is 0 Å². The molecular formula is C23H40O4S. The van der Waals surface area contributed by atoms with Crippen LogP contribution in [0.5, 0.6) is 0 Å². The van der Waals surface area contributed by atoms with Crippen LogP contribution in [0, 0.1) is 40.4 Å². The van der Waals surface area contributed by atoms with E-state index >= 15 is 0 Å². The van der Waals surface area contributed by atoms with E-state index in [1.165, 1.54) is 64.2 Å². The smallest absolute Gasteiger partial charge is 0.264 e. The van der Waals surface area contributed by atoms with Gasteiger partial charge in [0, 0.05) is 0 Å². The first-order valence-electron chi connectivity index (χ1n) is 11.8. The molecule has 0 aliphatic heterocycles. The Bertz CT molecular complexity index is 676. The summed E-state index contributed by atoms with van der Waals surface area (Å²) in [4.78, 5) is 0. The van der Waals surface area contributed by atoms with E-state index in [2.05, 4.69) is 13.8 Å². The molecule has 0 aromatic carbocycles. The van der Waals surface area contributed by atoms with E-state index in [4.69, 9.17) is 8.74 Å². The molecule has 1 N–H and O–H groups in total. The van der Waals surface area contributed by atoms with Gasteiger partial charge in [0.05, 0.1) is 6.10 Å². The lowest BCUT2D eigenvalue weighted by atomic mass is 9.45. The summed E-state index contributed by atoms with van der Waals surface area (Å²) in [5, 5.41) is 0. The maximum atomic E-state index is 11.0. The zero-order chi connectivity index (χ0) is 20.2. The molecule has 0 amide bonds. The van der Waals surface area contributed by atoms with Crippen LogP contribution in [0.3, 0.4) is 0 Å². The quantitative estimate of drug-likeness (QED) is 0.561. The molecule has 8 atom stereocenters. The number of rotatable bonds is 5. The largest absolute Gasteiger partial charge is 0.397 e. The SMILES string of the molecule is CC(CCC1CCC2C3CCC4CCCCC4(C)C3CCC12C)OS(=O)(=O)O. The van der Waals surface area contributed by atoms with Crippen molar-refractivity contribution in [2.75, 3.05) is 0 Å². The second-order valence-corrected chi connectivity index (χ2v) is 12.2. The monoisotopic (exact) mass is 412 g/mol. The predicted octanol–water partition coefficient (Wildman–Crippen LogP) is 6.02. The summed E-state index contributed by atoms with van der Waals surface area (Å²) in [5.74, 6) is 4.35. The summed E-state index contributed by atoms with van der Waals surface area (Å²) in [5.41, 5.74) is 1.01. The summed E-state index contributed by atoms with van der Waals surface area (Å²) in [6, 6.07) is 0. The van der Waals surface area contributed by atoms with Gasteiger partial charge >= 0.3 is 10.4 Å². The summed E-state index contributed by atoms with van der Waals surface area (Å²) < 4.78 is 35.6. The van der Waals surface area contributed by atoms with Gasteiger partial charge in [-0.2, -0.15) is 8.42 Å². The van der Waals surface area contributed by atoms with Crippen LogP contribution in [0.4, 0.5) is 0 Å². The average Bonchev–Trinajstić information content (AvgIpc) is 2.94. The Morgan fingerprint density at radius 1 is 0.964 bits per heavy atom. The van der Waals surface area contributed by atoms with Crippen LogP contribution >= 0.6 is 0 Å². The fourth-order valence-corrected chi connectivity index (χ4v) is 9.08. The van der Waals surface area contributed by atoms with Gasteiger partial charge in [-0.3, -0.25) is 4.55 Å². The van der Waals surface area contributed by atoms with Crippen molar-refractivity contribution >= 4 is 10.4 Å². The topological polar surface area (TPSA) is 63.6 Å². The third-order valence-electron chi connectivity index (χ3n) is 9.99. The Labute approximate surface area is 172 Å². The molecule has 4 aliphatic carbocycles. The highest BCUT2D eigenvalue weighted by Gasteiger charge is 2.59. The minimum Gasteiger partial charge on any atom is -0.264 e. The lowest BCUT2D eigenvalue weighted by Gasteiger charge is -2.60. The zero-order valence-electron chi connectivity index (χ0n) is 18.0.